The van der Waals surface area contributed by atoms with Crippen LogP contribution in [-0.2, 0) is 16.0 Å². The smallest absolute Gasteiger partial charge is 0.337 e. The lowest BCUT2D eigenvalue weighted by molar-refractivity contribution is -0.118. The molecule has 0 fully saturated rings. The van der Waals surface area contributed by atoms with Crippen LogP contribution in [0.4, 0.5) is 5.69 Å². The number of anilines is 1. The summed E-state index contributed by atoms with van der Waals surface area (Å²) in [4.78, 5) is 23.6. The summed E-state index contributed by atoms with van der Waals surface area (Å²) in [6, 6.07) is 12.3. The number of amides is 1. The molecule has 0 heterocycles. The molecular formula is C19H21NO5. The number of ether oxygens (including phenoxy) is 3. The Hall–Kier alpha value is -3.02. The molecule has 2 aromatic rings. The largest absolute Gasteiger partial charge is 0.493 e. The first-order chi connectivity index (χ1) is 12.1. The Morgan fingerprint density at radius 3 is 2.52 bits per heavy atom. The van der Waals surface area contributed by atoms with Crippen LogP contribution in [0.1, 0.15) is 22.8 Å². The van der Waals surface area contributed by atoms with Crippen LogP contribution in [0.15, 0.2) is 42.5 Å². The van der Waals surface area contributed by atoms with Crippen LogP contribution < -0.4 is 14.8 Å². The molecule has 0 bridgehead atoms. The minimum absolute atomic E-state index is 0.176. The van der Waals surface area contributed by atoms with Gasteiger partial charge in [0.1, 0.15) is 0 Å². The molecule has 0 saturated carbocycles. The van der Waals surface area contributed by atoms with Crippen molar-refractivity contribution in [2.24, 2.45) is 0 Å². The van der Waals surface area contributed by atoms with E-state index in [9.17, 15) is 9.59 Å². The second-order valence-corrected chi connectivity index (χ2v) is 5.25. The van der Waals surface area contributed by atoms with E-state index in [-0.39, 0.29) is 12.5 Å². The number of carbonyl (C=O) groups excluding carboxylic acids is 2. The van der Waals surface area contributed by atoms with Gasteiger partial charge in [0.15, 0.2) is 18.1 Å². The van der Waals surface area contributed by atoms with Crippen LogP contribution in [0.25, 0.3) is 0 Å². The first-order valence-corrected chi connectivity index (χ1v) is 7.85. The number of hydrogen-bond acceptors (Lipinski definition) is 5. The fraction of sp³-hybridized carbons (Fsp3) is 0.263. The molecule has 0 aliphatic rings. The normalized spacial score (nSPS) is 10.0. The number of benzene rings is 2. The SMILES string of the molecule is CCc1cccc(NC(=O)COc2ccc(C(=O)OC)cc2OC)c1. The summed E-state index contributed by atoms with van der Waals surface area (Å²) in [5.74, 6) is -0.0398. The molecule has 1 N–H and O–H groups in total. The zero-order valence-corrected chi connectivity index (χ0v) is 14.5. The Balaban J connectivity index is 2.00. The summed E-state index contributed by atoms with van der Waals surface area (Å²) in [5, 5.41) is 2.78. The molecule has 0 saturated heterocycles. The van der Waals surface area contributed by atoms with Gasteiger partial charge in [-0.2, -0.15) is 0 Å². The van der Waals surface area contributed by atoms with Crippen molar-refractivity contribution in [2.75, 3.05) is 26.1 Å². The van der Waals surface area contributed by atoms with Crippen molar-refractivity contribution in [3.8, 4) is 11.5 Å². The third kappa shape index (κ3) is 4.97. The van der Waals surface area contributed by atoms with Crippen LogP contribution in [0, 0.1) is 0 Å². The van der Waals surface area contributed by atoms with Gasteiger partial charge in [-0.3, -0.25) is 4.79 Å². The monoisotopic (exact) mass is 343 g/mol. The highest BCUT2D eigenvalue weighted by atomic mass is 16.5. The summed E-state index contributed by atoms with van der Waals surface area (Å²) in [6.45, 7) is 1.87. The van der Waals surface area contributed by atoms with Gasteiger partial charge in [0.2, 0.25) is 0 Å². The predicted octanol–water partition coefficient (Wildman–Crippen LogP) is 3.06. The molecule has 2 rings (SSSR count). The Morgan fingerprint density at radius 2 is 1.84 bits per heavy atom. The van der Waals surface area contributed by atoms with E-state index < -0.39 is 5.97 Å². The topological polar surface area (TPSA) is 73.9 Å². The van der Waals surface area contributed by atoms with Gasteiger partial charge in [-0.25, -0.2) is 4.79 Å². The molecule has 0 unspecified atom stereocenters. The van der Waals surface area contributed by atoms with Gasteiger partial charge in [-0.1, -0.05) is 19.1 Å². The molecule has 1 amide bonds. The maximum atomic E-state index is 12.1. The molecule has 0 spiro atoms. The lowest BCUT2D eigenvalue weighted by Crippen LogP contribution is -2.20. The Kier molecular flexibility index (Phi) is 6.39. The van der Waals surface area contributed by atoms with Crippen LogP contribution in [0.5, 0.6) is 11.5 Å². The molecule has 0 aliphatic heterocycles. The third-order valence-corrected chi connectivity index (χ3v) is 3.56. The summed E-state index contributed by atoms with van der Waals surface area (Å²) >= 11 is 0. The molecule has 6 heteroatoms. The van der Waals surface area contributed by atoms with Gasteiger partial charge < -0.3 is 19.5 Å². The number of hydrogen-bond donors (Lipinski definition) is 1. The average molecular weight is 343 g/mol. The molecule has 25 heavy (non-hydrogen) atoms. The molecule has 0 aliphatic carbocycles. The van der Waals surface area contributed by atoms with Crippen LogP contribution >= 0.6 is 0 Å². The van der Waals surface area contributed by atoms with Gasteiger partial charge in [0.25, 0.3) is 5.91 Å². The van der Waals surface area contributed by atoms with E-state index in [2.05, 4.69) is 10.1 Å². The van der Waals surface area contributed by atoms with E-state index in [1.807, 2.05) is 31.2 Å². The second-order valence-electron chi connectivity index (χ2n) is 5.25. The van der Waals surface area contributed by atoms with Crippen molar-refractivity contribution in [1.29, 1.82) is 0 Å². The molecule has 0 atom stereocenters. The van der Waals surface area contributed by atoms with Crippen molar-refractivity contribution in [1.82, 2.24) is 0 Å². The lowest BCUT2D eigenvalue weighted by atomic mass is 10.1. The predicted molar refractivity (Wildman–Crippen MR) is 94.3 cm³/mol. The van der Waals surface area contributed by atoms with Gasteiger partial charge in [0.05, 0.1) is 19.8 Å². The van der Waals surface area contributed by atoms with Crippen molar-refractivity contribution in [2.45, 2.75) is 13.3 Å². The van der Waals surface area contributed by atoms with Crippen LogP contribution in [0.3, 0.4) is 0 Å². The van der Waals surface area contributed by atoms with Crippen molar-refractivity contribution < 1.29 is 23.8 Å². The summed E-state index contributed by atoms with van der Waals surface area (Å²) in [6.07, 6.45) is 0.893. The Morgan fingerprint density at radius 1 is 1.04 bits per heavy atom. The van der Waals surface area contributed by atoms with E-state index in [0.717, 1.165) is 17.7 Å². The van der Waals surface area contributed by atoms with Crippen molar-refractivity contribution in [3.63, 3.8) is 0 Å². The number of nitrogens with one attached hydrogen (secondary N) is 1. The molecule has 132 valence electrons. The molecule has 2 aromatic carbocycles. The van der Waals surface area contributed by atoms with E-state index in [1.54, 1.807) is 12.1 Å². The minimum Gasteiger partial charge on any atom is -0.493 e. The third-order valence-electron chi connectivity index (χ3n) is 3.56. The molecular weight excluding hydrogens is 322 g/mol. The van der Waals surface area contributed by atoms with Crippen molar-refractivity contribution in [3.05, 3.63) is 53.6 Å². The maximum Gasteiger partial charge on any atom is 0.337 e. The van der Waals surface area contributed by atoms with Gasteiger partial charge in [0, 0.05) is 5.69 Å². The van der Waals surface area contributed by atoms with Crippen molar-refractivity contribution >= 4 is 17.6 Å². The fourth-order valence-electron chi connectivity index (χ4n) is 2.24. The number of carbonyl (C=O) groups is 2. The quantitative estimate of drug-likeness (QED) is 0.782. The number of aryl methyl sites for hydroxylation is 1. The average Bonchev–Trinajstić information content (AvgIpc) is 2.65. The van der Waals surface area contributed by atoms with E-state index in [1.165, 1.54) is 20.3 Å². The van der Waals surface area contributed by atoms with E-state index in [0.29, 0.717) is 17.1 Å². The van der Waals surface area contributed by atoms with Gasteiger partial charge in [-0.15, -0.1) is 0 Å². The van der Waals surface area contributed by atoms with Crippen LogP contribution in [-0.4, -0.2) is 32.7 Å². The summed E-state index contributed by atoms with van der Waals surface area (Å²) < 4.78 is 15.4. The number of esters is 1. The Bertz CT molecular complexity index is 757. The Labute approximate surface area is 146 Å². The molecule has 0 radical (unpaired) electrons. The molecule has 0 aromatic heterocycles. The number of rotatable bonds is 7. The van der Waals surface area contributed by atoms with Crippen LogP contribution in [0.2, 0.25) is 0 Å². The standard InChI is InChI=1S/C19H21NO5/c1-4-13-6-5-7-15(10-13)20-18(21)12-25-16-9-8-14(19(22)24-3)11-17(16)23-2/h5-11H,4,12H2,1-3H3,(H,20,21). The summed E-state index contributed by atoms with van der Waals surface area (Å²) in [5.41, 5.74) is 2.20. The first-order valence-electron chi connectivity index (χ1n) is 7.85. The zero-order valence-electron chi connectivity index (χ0n) is 14.5. The highest BCUT2D eigenvalue weighted by Crippen LogP contribution is 2.28. The van der Waals surface area contributed by atoms with Gasteiger partial charge in [-0.05, 0) is 42.3 Å². The maximum absolute atomic E-state index is 12.1. The van der Waals surface area contributed by atoms with E-state index >= 15 is 0 Å². The highest BCUT2D eigenvalue weighted by molar-refractivity contribution is 5.92. The summed E-state index contributed by atoms with van der Waals surface area (Å²) in [7, 11) is 2.76. The lowest BCUT2D eigenvalue weighted by Gasteiger charge is -2.12. The fourth-order valence-corrected chi connectivity index (χ4v) is 2.24. The minimum atomic E-state index is -0.474. The second kappa shape index (κ2) is 8.73. The zero-order chi connectivity index (χ0) is 18.2. The highest BCUT2D eigenvalue weighted by Gasteiger charge is 2.12. The van der Waals surface area contributed by atoms with E-state index in [4.69, 9.17) is 9.47 Å². The number of methoxy groups -OCH3 is 2. The van der Waals surface area contributed by atoms with Gasteiger partial charge >= 0.3 is 5.97 Å². The first kappa shape index (κ1) is 18.3. The molecule has 6 nitrogen and oxygen atoms in total.